The second kappa shape index (κ2) is 5.82. The van der Waals surface area contributed by atoms with Crippen molar-refractivity contribution in [1.29, 1.82) is 0 Å². The minimum Gasteiger partial charge on any atom is -0.484 e. The molecule has 2 nitrogen and oxygen atoms in total. The molecule has 0 heterocycles. The van der Waals surface area contributed by atoms with Gasteiger partial charge in [-0.05, 0) is 17.7 Å². The highest BCUT2D eigenvalue weighted by molar-refractivity contribution is 5.85. The zero-order valence-electron chi connectivity index (χ0n) is 7.75. The third kappa shape index (κ3) is 5.49. The zero-order chi connectivity index (χ0) is 10.6. The van der Waals surface area contributed by atoms with Crippen LogP contribution in [0.2, 0.25) is 0 Å². The third-order valence-corrected chi connectivity index (χ3v) is 1.56. The molecule has 1 aromatic carbocycles. The summed E-state index contributed by atoms with van der Waals surface area (Å²) in [6.07, 6.45) is -4.30. The van der Waals surface area contributed by atoms with Crippen molar-refractivity contribution in [3.8, 4) is 5.75 Å². The summed E-state index contributed by atoms with van der Waals surface area (Å²) >= 11 is 0. The zero-order valence-corrected chi connectivity index (χ0v) is 8.57. The SMILES string of the molecule is Cl.NCc1ccc(OCC(F)(F)F)cc1. The van der Waals surface area contributed by atoms with Gasteiger partial charge in [0.05, 0.1) is 0 Å². The lowest BCUT2D eigenvalue weighted by atomic mass is 10.2. The van der Waals surface area contributed by atoms with Gasteiger partial charge in [-0.2, -0.15) is 13.2 Å². The van der Waals surface area contributed by atoms with Crippen LogP contribution in [0.15, 0.2) is 24.3 Å². The predicted molar refractivity (Wildman–Crippen MR) is 53.1 cm³/mol. The van der Waals surface area contributed by atoms with Crippen LogP contribution in [0.1, 0.15) is 5.56 Å². The van der Waals surface area contributed by atoms with Crippen LogP contribution in [0, 0.1) is 0 Å². The lowest BCUT2D eigenvalue weighted by molar-refractivity contribution is -0.153. The standard InChI is InChI=1S/C9H10F3NO.ClH/c10-9(11,12)6-14-8-3-1-7(5-13)2-4-8;/h1-4H,5-6,13H2;1H. The number of alkyl halides is 3. The lowest BCUT2D eigenvalue weighted by Crippen LogP contribution is -2.19. The molecule has 0 aliphatic rings. The van der Waals surface area contributed by atoms with Crippen LogP contribution in [-0.4, -0.2) is 12.8 Å². The molecular weight excluding hydrogens is 231 g/mol. The number of ether oxygens (including phenoxy) is 1. The Morgan fingerprint density at radius 2 is 1.67 bits per heavy atom. The number of nitrogens with two attached hydrogens (primary N) is 1. The first-order chi connectivity index (χ1) is 6.51. The van der Waals surface area contributed by atoms with Crippen molar-refractivity contribution in [2.45, 2.75) is 12.7 Å². The van der Waals surface area contributed by atoms with Gasteiger partial charge in [-0.1, -0.05) is 12.1 Å². The van der Waals surface area contributed by atoms with Crippen LogP contribution in [0.5, 0.6) is 5.75 Å². The van der Waals surface area contributed by atoms with Crippen molar-refractivity contribution in [2.75, 3.05) is 6.61 Å². The van der Waals surface area contributed by atoms with E-state index in [0.717, 1.165) is 5.56 Å². The maximum absolute atomic E-state index is 11.7. The van der Waals surface area contributed by atoms with E-state index in [0.29, 0.717) is 6.54 Å². The summed E-state index contributed by atoms with van der Waals surface area (Å²) in [6.45, 7) is -0.908. The summed E-state index contributed by atoms with van der Waals surface area (Å²) in [6, 6.07) is 6.19. The smallest absolute Gasteiger partial charge is 0.422 e. The fourth-order valence-corrected chi connectivity index (χ4v) is 0.887. The van der Waals surface area contributed by atoms with E-state index in [-0.39, 0.29) is 18.2 Å². The van der Waals surface area contributed by atoms with E-state index >= 15 is 0 Å². The number of hydrogen-bond acceptors (Lipinski definition) is 2. The van der Waals surface area contributed by atoms with Gasteiger partial charge >= 0.3 is 6.18 Å². The quantitative estimate of drug-likeness (QED) is 0.883. The topological polar surface area (TPSA) is 35.2 Å². The largest absolute Gasteiger partial charge is 0.484 e. The van der Waals surface area contributed by atoms with Gasteiger partial charge < -0.3 is 10.5 Å². The van der Waals surface area contributed by atoms with Crippen LogP contribution < -0.4 is 10.5 Å². The van der Waals surface area contributed by atoms with E-state index in [2.05, 4.69) is 4.74 Å². The molecule has 0 spiro atoms. The molecule has 0 atom stereocenters. The molecule has 0 bridgehead atoms. The summed E-state index contributed by atoms with van der Waals surface area (Å²) in [5.74, 6) is 0.194. The number of hydrogen-bond donors (Lipinski definition) is 1. The van der Waals surface area contributed by atoms with Crippen molar-refractivity contribution in [3.05, 3.63) is 29.8 Å². The predicted octanol–water partition coefficient (Wildman–Crippen LogP) is 2.51. The summed E-state index contributed by atoms with van der Waals surface area (Å²) in [4.78, 5) is 0. The summed E-state index contributed by atoms with van der Waals surface area (Å²) in [7, 11) is 0. The summed E-state index contributed by atoms with van der Waals surface area (Å²) < 4.78 is 39.7. The monoisotopic (exact) mass is 241 g/mol. The maximum atomic E-state index is 11.7. The lowest BCUT2D eigenvalue weighted by Gasteiger charge is -2.09. The first kappa shape index (κ1) is 14.1. The molecule has 0 amide bonds. The van der Waals surface area contributed by atoms with Gasteiger partial charge in [0, 0.05) is 6.54 Å². The van der Waals surface area contributed by atoms with E-state index in [9.17, 15) is 13.2 Å². The Hall–Kier alpha value is -0.940. The van der Waals surface area contributed by atoms with Gasteiger partial charge in [-0.25, -0.2) is 0 Å². The molecule has 0 unspecified atom stereocenters. The molecule has 0 aliphatic heterocycles. The van der Waals surface area contributed by atoms with Crippen LogP contribution in [0.25, 0.3) is 0 Å². The fourth-order valence-electron chi connectivity index (χ4n) is 0.887. The van der Waals surface area contributed by atoms with Crippen LogP contribution in [0.3, 0.4) is 0 Å². The number of rotatable bonds is 3. The average molecular weight is 242 g/mol. The Labute approximate surface area is 91.6 Å². The normalized spacial score (nSPS) is 10.7. The van der Waals surface area contributed by atoms with E-state index in [1.807, 2.05) is 0 Å². The molecule has 0 fully saturated rings. The molecule has 0 aromatic heterocycles. The van der Waals surface area contributed by atoms with E-state index < -0.39 is 12.8 Å². The van der Waals surface area contributed by atoms with Gasteiger partial charge in [0.15, 0.2) is 6.61 Å². The summed E-state index contributed by atoms with van der Waals surface area (Å²) in [5, 5.41) is 0. The van der Waals surface area contributed by atoms with E-state index in [1.54, 1.807) is 12.1 Å². The Kier molecular flexibility index (Phi) is 5.46. The minimum absolute atomic E-state index is 0. The van der Waals surface area contributed by atoms with Crippen molar-refractivity contribution >= 4 is 12.4 Å². The molecule has 6 heteroatoms. The van der Waals surface area contributed by atoms with E-state index in [1.165, 1.54) is 12.1 Å². The van der Waals surface area contributed by atoms with Crippen LogP contribution in [-0.2, 0) is 6.54 Å². The van der Waals surface area contributed by atoms with Gasteiger partial charge in [0.2, 0.25) is 0 Å². The Morgan fingerprint density at radius 3 is 2.07 bits per heavy atom. The fraction of sp³-hybridized carbons (Fsp3) is 0.333. The first-order valence-electron chi connectivity index (χ1n) is 4.00. The highest BCUT2D eigenvalue weighted by atomic mass is 35.5. The summed E-state index contributed by atoms with van der Waals surface area (Å²) in [5.41, 5.74) is 6.17. The molecule has 15 heavy (non-hydrogen) atoms. The Bertz CT molecular complexity index is 286. The molecule has 0 saturated heterocycles. The molecular formula is C9H11ClF3NO. The number of halogens is 4. The minimum atomic E-state index is -4.30. The maximum Gasteiger partial charge on any atom is 0.422 e. The van der Waals surface area contributed by atoms with Gasteiger partial charge in [0.1, 0.15) is 5.75 Å². The van der Waals surface area contributed by atoms with Crippen molar-refractivity contribution in [3.63, 3.8) is 0 Å². The van der Waals surface area contributed by atoms with Gasteiger partial charge in [-0.15, -0.1) is 12.4 Å². The van der Waals surface area contributed by atoms with Crippen molar-refractivity contribution in [2.24, 2.45) is 5.73 Å². The first-order valence-corrected chi connectivity index (χ1v) is 4.00. The number of benzene rings is 1. The highest BCUT2D eigenvalue weighted by Gasteiger charge is 2.28. The molecule has 2 N–H and O–H groups in total. The third-order valence-electron chi connectivity index (χ3n) is 1.56. The van der Waals surface area contributed by atoms with E-state index in [4.69, 9.17) is 5.73 Å². The van der Waals surface area contributed by atoms with Crippen LogP contribution >= 0.6 is 12.4 Å². The Morgan fingerprint density at radius 1 is 1.13 bits per heavy atom. The van der Waals surface area contributed by atoms with Crippen LogP contribution in [0.4, 0.5) is 13.2 Å². The van der Waals surface area contributed by atoms with Crippen molar-refractivity contribution in [1.82, 2.24) is 0 Å². The molecule has 86 valence electrons. The molecule has 1 aromatic rings. The average Bonchev–Trinajstić information content (AvgIpc) is 2.14. The highest BCUT2D eigenvalue weighted by Crippen LogP contribution is 2.18. The van der Waals surface area contributed by atoms with Crippen molar-refractivity contribution < 1.29 is 17.9 Å². The molecule has 0 aliphatic carbocycles. The molecule has 0 radical (unpaired) electrons. The molecule has 1 rings (SSSR count). The second-order valence-electron chi connectivity index (χ2n) is 2.75. The van der Waals surface area contributed by atoms with Gasteiger partial charge in [-0.3, -0.25) is 0 Å². The second-order valence-corrected chi connectivity index (χ2v) is 2.75. The van der Waals surface area contributed by atoms with Gasteiger partial charge in [0.25, 0.3) is 0 Å². The Balaban J connectivity index is 0.00000196. The molecule has 0 saturated carbocycles.